The number of hydrogen-bond acceptors (Lipinski definition) is 6. The quantitative estimate of drug-likeness (QED) is 0.766. The summed E-state index contributed by atoms with van der Waals surface area (Å²) in [6.45, 7) is 2.82. The Labute approximate surface area is 143 Å². The van der Waals surface area contributed by atoms with Crippen LogP contribution >= 0.6 is 7.60 Å². The molecule has 2 heterocycles. The molecule has 8 nitrogen and oxygen atoms in total. The molecule has 0 aliphatic carbocycles. The van der Waals surface area contributed by atoms with Crippen molar-refractivity contribution in [1.82, 2.24) is 9.55 Å². The first-order valence-electron chi connectivity index (χ1n) is 7.65. The van der Waals surface area contributed by atoms with Crippen molar-refractivity contribution < 1.29 is 33.0 Å². The molecular formula is C15H20FN2O6P. The normalized spacial score (nSPS) is 29.2. The number of rotatable bonds is 5. The van der Waals surface area contributed by atoms with Crippen LogP contribution in [0.25, 0.3) is 11.0 Å². The van der Waals surface area contributed by atoms with Crippen molar-refractivity contribution in [2.75, 3.05) is 20.4 Å². The maximum absolute atomic E-state index is 14.0. The lowest BCUT2D eigenvalue weighted by Gasteiger charge is -2.21. The van der Waals surface area contributed by atoms with Crippen molar-refractivity contribution in [3.05, 3.63) is 29.8 Å². The second-order valence-electron chi connectivity index (χ2n) is 6.15. The third-order valence-corrected chi connectivity index (χ3v) is 4.64. The van der Waals surface area contributed by atoms with Gasteiger partial charge in [-0.2, -0.15) is 0 Å². The highest BCUT2D eigenvalue weighted by Crippen LogP contribution is 2.44. The predicted molar refractivity (Wildman–Crippen MR) is 86.8 cm³/mol. The molecule has 0 saturated carbocycles. The molecule has 0 spiro atoms. The second kappa shape index (κ2) is 6.75. The van der Waals surface area contributed by atoms with Crippen LogP contribution in [0.15, 0.2) is 18.5 Å². The summed E-state index contributed by atoms with van der Waals surface area (Å²) in [6.07, 6.45) is -2.70. The van der Waals surface area contributed by atoms with Gasteiger partial charge >= 0.3 is 7.60 Å². The average molecular weight is 374 g/mol. The molecule has 1 fully saturated rings. The van der Waals surface area contributed by atoms with Crippen LogP contribution in [0.3, 0.4) is 0 Å². The molecule has 1 aromatic heterocycles. The number of fused-ring (bicyclic) bond motifs is 1. The number of halogens is 1. The van der Waals surface area contributed by atoms with Gasteiger partial charge in [-0.15, -0.1) is 0 Å². The maximum Gasteiger partial charge on any atom is 0.325 e. The van der Waals surface area contributed by atoms with E-state index in [9.17, 15) is 19.0 Å². The highest BCUT2D eigenvalue weighted by Gasteiger charge is 2.47. The summed E-state index contributed by atoms with van der Waals surface area (Å²) in [6, 6.07) is 3.09. The molecule has 2 aromatic rings. The number of hydrogen-bond donors (Lipinski definition) is 2. The largest absolute Gasteiger partial charge is 0.386 e. The zero-order valence-electron chi connectivity index (χ0n) is 14.0. The lowest BCUT2D eigenvalue weighted by molar-refractivity contribution is -0.0569. The van der Waals surface area contributed by atoms with Crippen LogP contribution in [0, 0.1) is 12.7 Å². The fourth-order valence-electron chi connectivity index (χ4n) is 3.03. The molecule has 5 unspecified atom stereocenters. The van der Waals surface area contributed by atoms with E-state index in [1.54, 1.807) is 13.0 Å². The molecule has 25 heavy (non-hydrogen) atoms. The topological polar surface area (TPSA) is 103 Å². The number of aryl methyl sites for hydroxylation is 1. The van der Waals surface area contributed by atoms with E-state index >= 15 is 0 Å². The number of methoxy groups -OCH3 is 1. The summed E-state index contributed by atoms with van der Waals surface area (Å²) in [5.74, 6) is -0.476. The van der Waals surface area contributed by atoms with Crippen LogP contribution in [0.4, 0.5) is 4.39 Å². The van der Waals surface area contributed by atoms with E-state index < -0.39 is 38.0 Å². The van der Waals surface area contributed by atoms with Crippen LogP contribution < -0.4 is 0 Å². The van der Waals surface area contributed by atoms with Gasteiger partial charge in [-0.25, -0.2) is 9.37 Å². The SMILES string of the molecule is COCC1OC(n2cnc3c(F)cc(C)cc32)C(O)C1OP(C)(=O)O. The molecule has 138 valence electrons. The smallest absolute Gasteiger partial charge is 0.325 e. The third kappa shape index (κ3) is 3.62. The zero-order valence-corrected chi connectivity index (χ0v) is 14.9. The number of aliphatic hydroxyl groups excluding tert-OH is 1. The van der Waals surface area contributed by atoms with E-state index in [2.05, 4.69) is 4.98 Å². The van der Waals surface area contributed by atoms with Gasteiger partial charge in [-0.05, 0) is 24.6 Å². The highest BCUT2D eigenvalue weighted by molar-refractivity contribution is 7.51. The Morgan fingerprint density at radius 2 is 2.20 bits per heavy atom. The van der Waals surface area contributed by atoms with Crippen LogP contribution in [-0.4, -0.2) is 58.2 Å². The monoisotopic (exact) mass is 374 g/mol. The number of aromatic nitrogens is 2. The van der Waals surface area contributed by atoms with Gasteiger partial charge in [0.1, 0.15) is 23.8 Å². The molecule has 1 aliphatic heterocycles. The zero-order chi connectivity index (χ0) is 18.4. The fourth-order valence-corrected chi connectivity index (χ4v) is 3.74. The Bertz CT molecular complexity index is 822. The average Bonchev–Trinajstić information content (AvgIpc) is 3.02. The summed E-state index contributed by atoms with van der Waals surface area (Å²) in [7, 11) is -2.42. The number of benzene rings is 1. The van der Waals surface area contributed by atoms with Gasteiger partial charge in [0.2, 0.25) is 0 Å². The second-order valence-corrected chi connectivity index (χ2v) is 7.97. The van der Waals surface area contributed by atoms with Crippen molar-refractivity contribution >= 4 is 18.6 Å². The van der Waals surface area contributed by atoms with Crippen molar-refractivity contribution in [1.29, 1.82) is 0 Å². The molecule has 0 radical (unpaired) electrons. The molecule has 5 atom stereocenters. The third-order valence-electron chi connectivity index (χ3n) is 4.01. The van der Waals surface area contributed by atoms with Gasteiger partial charge in [-0.1, -0.05) is 0 Å². The van der Waals surface area contributed by atoms with Crippen LogP contribution in [0.1, 0.15) is 11.8 Å². The van der Waals surface area contributed by atoms with Crippen molar-refractivity contribution in [3.8, 4) is 0 Å². The molecule has 1 saturated heterocycles. The van der Waals surface area contributed by atoms with Gasteiger partial charge < -0.3 is 24.0 Å². The van der Waals surface area contributed by atoms with E-state index in [4.69, 9.17) is 14.0 Å². The number of ether oxygens (including phenoxy) is 2. The highest BCUT2D eigenvalue weighted by atomic mass is 31.2. The van der Waals surface area contributed by atoms with Crippen molar-refractivity contribution in [2.45, 2.75) is 31.5 Å². The lowest BCUT2D eigenvalue weighted by atomic mass is 10.1. The minimum Gasteiger partial charge on any atom is -0.386 e. The van der Waals surface area contributed by atoms with Crippen molar-refractivity contribution in [2.24, 2.45) is 0 Å². The van der Waals surface area contributed by atoms with E-state index in [-0.39, 0.29) is 12.1 Å². The molecule has 1 aliphatic rings. The summed E-state index contributed by atoms with van der Waals surface area (Å²) >= 11 is 0. The van der Waals surface area contributed by atoms with E-state index in [0.717, 1.165) is 6.66 Å². The first-order valence-corrected chi connectivity index (χ1v) is 9.67. The van der Waals surface area contributed by atoms with Crippen LogP contribution in [-0.2, 0) is 18.6 Å². The maximum atomic E-state index is 14.0. The Kier molecular flexibility index (Phi) is 4.98. The van der Waals surface area contributed by atoms with Crippen molar-refractivity contribution in [3.63, 3.8) is 0 Å². The van der Waals surface area contributed by atoms with Gasteiger partial charge in [0.05, 0.1) is 18.5 Å². The molecule has 2 N–H and O–H groups in total. The van der Waals surface area contributed by atoms with Gasteiger partial charge in [0.25, 0.3) is 0 Å². The first-order chi connectivity index (χ1) is 11.7. The molecule has 0 amide bonds. The lowest BCUT2D eigenvalue weighted by Crippen LogP contribution is -2.35. The summed E-state index contributed by atoms with van der Waals surface area (Å²) < 4.78 is 43.1. The predicted octanol–water partition coefficient (Wildman–Crippen LogP) is 1.59. The standard InChI is InChI=1S/C15H20FN2O6P/c1-8-4-9(16)12-10(5-8)18(7-17-12)15-13(19)14(24-25(3,20)21)11(23-15)6-22-2/h4-5,7,11,13-15,19H,6H2,1-3H3,(H,20,21). The molecular weight excluding hydrogens is 354 g/mol. The number of nitrogens with zero attached hydrogens (tertiary/aromatic N) is 2. The first kappa shape index (κ1) is 18.4. The number of imidazole rings is 1. The molecule has 10 heteroatoms. The summed E-state index contributed by atoms with van der Waals surface area (Å²) in [5, 5.41) is 10.6. The Morgan fingerprint density at radius 1 is 1.48 bits per heavy atom. The van der Waals surface area contributed by atoms with Gasteiger partial charge in [0, 0.05) is 13.8 Å². The van der Waals surface area contributed by atoms with E-state index in [1.807, 2.05) is 0 Å². The minimum atomic E-state index is -3.86. The van der Waals surface area contributed by atoms with E-state index in [1.165, 1.54) is 24.1 Å². The molecule has 0 bridgehead atoms. The fraction of sp³-hybridized carbons (Fsp3) is 0.533. The van der Waals surface area contributed by atoms with E-state index in [0.29, 0.717) is 11.1 Å². The van der Waals surface area contributed by atoms with Crippen LogP contribution in [0.5, 0.6) is 0 Å². The number of aliphatic hydroxyl groups is 1. The summed E-state index contributed by atoms with van der Waals surface area (Å²) in [4.78, 5) is 13.5. The molecule has 3 rings (SSSR count). The Balaban J connectivity index is 1.99. The Hall–Kier alpha value is -1.35. The molecule has 1 aromatic carbocycles. The Morgan fingerprint density at radius 3 is 2.84 bits per heavy atom. The van der Waals surface area contributed by atoms with Crippen LogP contribution in [0.2, 0.25) is 0 Å². The van der Waals surface area contributed by atoms with Gasteiger partial charge in [0.15, 0.2) is 12.0 Å². The minimum absolute atomic E-state index is 0.0538. The van der Waals surface area contributed by atoms with Gasteiger partial charge in [-0.3, -0.25) is 9.09 Å². The summed E-state index contributed by atoms with van der Waals surface area (Å²) in [5.41, 5.74) is 1.29.